The fraction of sp³-hybridized carbons (Fsp3) is 0.333. The fourth-order valence-electron chi connectivity index (χ4n) is 3.52. The van der Waals surface area contributed by atoms with Crippen molar-refractivity contribution in [2.24, 2.45) is 0 Å². The number of carbonyl (C=O) groups excluding carboxylic acids is 2. The Bertz CT molecular complexity index is 1040. The number of rotatable bonds is 9. The van der Waals surface area contributed by atoms with Crippen molar-refractivity contribution in [3.05, 3.63) is 71.4 Å². The molecule has 0 saturated carbocycles. The third kappa shape index (κ3) is 5.24. The number of anilines is 1. The van der Waals surface area contributed by atoms with Crippen LogP contribution in [0, 0.1) is 13.8 Å². The maximum Gasteiger partial charge on any atom is 0.238 e. The number of ether oxygens (including phenoxy) is 1. The number of Topliss-reactive ketones (excluding diaryl/α,β-unsaturated/α-hetero) is 1. The molecule has 2 heterocycles. The normalized spacial score (nSPS) is 12.1. The van der Waals surface area contributed by atoms with Crippen LogP contribution in [0.4, 0.5) is 5.69 Å². The number of benzene rings is 1. The summed E-state index contributed by atoms with van der Waals surface area (Å²) in [5.74, 6) is 1.36. The molecule has 1 aromatic carbocycles. The molecule has 7 heteroatoms. The van der Waals surface area contributed by atoms with E-state index in [0.29, 0.717) is 17.8 Å². The van der Waals surface area contributed by atoms with Gasteiger partial charge in [0.2, 0.25) is 5.91 Å². The molecule has 0 aliphatic heterocycles. The van der Waals surface area contributed by atoms with Gasteiger partial charge < -0.3 is 19.0 Å². The average Bonchev–Trinajstić information content (AvgIpc) is 3.37. The van der Waals surface area contributed by atoms with Crippen LogP contribution in [0.2, 0.25) is 0 Å². The zero-order chi connectivity index (χ0) is 22.5. The minimum Gasteiger partial charge on any atom is -0.497 e. The fourth-order valence-corrected chi connectivity index (χ4v) is 3.52. The number of carbonyl (C=O) groups is 2. The Morgan fingerprint density at radius 1 is 1.19 bits per heavy atom. The highest BCUT2D eigenvalue weighted by Gasteiger charge is 2.25. The van der Waals surface area contributed by atoms with Crippen LogP contribution in [0.25, 0.3) is 0 Å². The van der Waals surface area contributed by atoms with Crippen LogP contribution >= 0.6 is 0 Å². The first-order valence-electron chi connectivity index (χ1n) is 10.2. The van der Waals surface area contributed by atoms with Crippen LogP contribution in [0.5, 0.6) is 5.75 Å². The molecule has 0 radical (unpaired) electrons. The Balaban J connectivity index is 1.64. The summed E-state index contributed by atoms with van der Waals surface area (Å²) >= 11 is 0. The number of amides is 1. The number of likely N-dealkylation sites (N-methyl/N-ethyl adjacent to an activating group) is 1. The van der Waals surface area contributed by atoms with Crippen molar-refractivity contribution in [3.8, 4) is 5.75 Å². The molecule has 0 spiro atoms. The lowest BCUT2D eigenvalue weighted by Crippen LogP contribution is -2.41. The van der Waals surface area contributed by atoms with Crippen LogP contribution in [0.1, 0.15) is 34.4 Å². The van der Waals surface area contributed by atoms with E-state index in [1.165, 1.54) is 0 Å². The molecule has 0 unspecified atom stereocenters. The number of methoxy groups -OCH3 is 1. The van der Waals surface area contributed by atoms with Gasteiger partial charge in [0.05, 0.1) is 32.5 Å². The molecule has 0 aliphatic carbocycles. The molecule has 164 valence electrons. The van der Waals surface area contributed by atoms with Crippen LogP contribution < -0.4 is 10.1 Å². The van der Waals surface area contributed by atoms with Crippen molar-refractivity contribution in [2.45, 2.75) is 33.4 Å². The summed E-state index contributed by atoms with van der Waals surface area (Å²) in [6.07, 6.45) is 1.64. The van der Waals surface area contributed by atoms with E-state index in [1.807, 2.05) is 39.0 Å². The Labute approximate surface area is 182 Å². The second-order valence-corrected chi connectivity index (χ2v) is 7.68. The van der Waals surface area contributed by atoms with Gasteiger partial charge in [-0.25, -0.2) is 0 Å². The van der Waals surface area contributed by atoms with E-state index in [0.717, 1.165) is 22.9 Å². The van der Waals surface area contributed by atoms with E-state index in [1.54, 1.807) is 49.6 Å². The molecule has 0 saturated heterocycles. The first-order chi connectivity index (χ1) is 14.8. The molecular formula is C24H29N3O4. The quantitative estimate of drug-likeness (QED) is 0.528. The molecule has 1 N–H and O–H groups in total. The number of aryl methyl sites for hydroxylation is 1. The second-order valence-electron chi connectivity index (χ2n) is 7.68. The van der Waals surface area contributed by atoms with Gasteiger partial charge in [-0.3, -0.25) is 14.5 Å². The maximum absolute atomic E-state index is 13.2. The van der Waals surface area contributed by atoms with Gasteiger partial charge in [0.15, 0.2) is 5.78 Å². The standard InChI is InChI=1S/C24H29N3O4/c1-16-13-22(17(2)27(16)14-21-7-6-12-31-21)24(29)18(3)26(4)15-23(28)25-19-8-10-20(30-5)11-9-19/h6-13,18H,14-15H2,1-5H3,(H,25,28)/t18-/m1/s1. The van der Waals surface area contributed by atoms with Crippen LogP contribution in [0.3, 0.4) is 0 Å². The summed E-state index contributed by atoms with van der Waals surface area (Å²) in [5.41, 5.74) is 3.23. The van der Waals surface area contributed by atoms with E-state index in [2.05, 4.69) is 9.88 Å². The number of furan rings is 1. The average molecular weight is 424 g/mol. The van der Waals surface area contributed by atoms with Crippen LogP contribution in [-0.2, 0) is 11.3 Å². The van der Waals surface area contributed by atoms with Gasteiger partial charge in [-0.2, -0.15) is 0 Å². The third-order valence-corrected chi connectivity index (χ3v) is 5.54. The molecule has 2 aromatic heterocycles. The number of ketones is 1. The van der Waals surface area contributed by atoms with Gasteiger partial charge in [0.1, 0.15) is 11.5 Å². The highest BCUT2D eigenvalue weighted by molar-refractivity contribution is 6.01. The summed E-state index contributed by atoms with van der Waals surface area (Å²) in [6.45, 7) is 6.41. The SMILES string of the molecule is COc1ccc(NC(=O)CN(C)[C@H](C)C(=O)c2cc(C)n(Cc3ccco3)c2C)cc1. The highest BCUT2D eigenvalue weighted by atomic mass is 16.5. The van der Waals surface area contributed by atoms with Crippen LogP contribution in [0.15, 0.2) is 53.1 Å². The molecule has 1 amide bonds. The van der Waals surface area contributed by atoms with Crippen molar-refractivity contribution in [2.75, 3.05) is 26.0 Å². The van der Waals surface area contributed by atoms with Gasteiger partial charge in [-0.05, 0) is 70.3 Å². The molecule has 0 bridgehead atoms. The number of hydrogen-bond acceptors (Lipinski definition) is 5. The lowest BCUT2D eigenvalue weighted by molar-refractivity contribution is -0.117. The molecular weight excluding hydrogens is 394 g/mol. The van der Waals surface area contributed by atoms with E-state index in [4.69, 9.17) is 9.15 Å². The largest absolute Gasteiger partial charge is 0.497 e. The van der Waals surface area contributed by atoms with Gasteiger partial charge in [-0.15, -0.1) is 0 Å². The van der Waals surface area contributed by atoms with Gasteiger partial charge in [0.25, 0.3) is 0 Å². The molecule has 31 heavy (non-hydrogen) atoms. The third-order valence-electron chi connectivity index (χ3n) is 5.54. The van der Waals surface area contributed by atoms with E-state index in [-0.39, 0.29) is 18.2 Å². The summed E-state index contributed by atoms with van der Waals surface area (Å²) < 4.78 is 12.6. The predicted octanol–water partition coefficient (Wildman–Crippen LogP) is 3.90. The van der Waals surface area contributed by atoms with Gasteiger partial charge >= 0.3 is 0 Å². The molecule has 3 rings (SSSR count). The predicted molar refractivity (Wildman–Crippen MR) is 120 cm³/mol. The maximum atomic E-state index is 13.2. The van der Waals surface area contributed by atoms with E-state index in [9.17, 15) is 9.59 Å². The zero-order valence-electron chi connectivity index (χ0n) is 18.6. The van der Waals surface area contributed by atoms with Crippen molar-refractivity contribution in [3.63, 3.8) is 0 Å². The molecule has 0 aliphatic rings. The summed E-state index contributed by atoms with van der Waals surface area (Å²) in [5, 5.41) is 2.85. The second kappa shape index (κ2) is 9.66. The number of aromatic nitrogens is 1. The Morgan fingerprint density at radius 3 is 2.52 bits per heavy atom. The Morgan fingerprint density at radius 2 is 1.90 bits per heavy atom. The smallest absolute Gasteiger partial charge is 0.238 e. The first-order valence-corrected chi connectivity index (χ1v) is 10.2. The summed E-state index contributed by atoms with van der Waals surface area (Å²) in [6, 6.07) is 12.3. The lowest BCUT2D eigenvalue weighted by Gasteiger charge is -2.23. The summed E-state index contributed by atoms with van der Waals surface area (Å²) in [4.78, 5) is 27.3. The molecule has 7 nitrogen and oxygen atoms in total. The van der Waals surface area contributed by atoms with Gasteiger partial charge in [-0.1, -0.05) is 0 Å². The monoisotopic (exact) mass is 423 g/mol. The topological polar surface area (TPSA) is 76.7 Å². The Kier molecular flexibility index (Phi) is 6.97. The van der Waals surface area contributed by atoms with Gasteiger partial charge in [0, 0.05) is 22.6 Å². The van der Waals surface area contributed by atoms with Crippen molar-refractivity contribution in [1.82, 2.24) is 9.47 Å². The number of hydrogen-bond donors (Lipinski definition) is 1. The molecule has 1 atom stereocenters. The van der Waals surface area contributed by atoms with E-state index < -0.39 is 6.04 Å². The highest BCUT2D eigenvalue weighted by Crippen LogP contribution is 2.20. The van der Waals surface area contributed by atoms with Crippen LogP contribution in [-0.4, -0.2) is 47.9 Å². The minimum absolute atomic E-state index is 0.0152. The van der Waals surface area contributed by atoms with Crippen molar-refractivity contribution >= 4 is 17.4 Å². The van der Waals surface area contributed by atoms with Crippen molar-refractivity contribution in [1.29, 1.82) is 0 Å². The molecule has 3 aromatic rings. The summed E-state index contributed by atoms with van der Waals surface area (Å²) in [7, 11) is 3.37. The Hall–Kier alpha value is -3.32. The van der Waals surface area contributed by atoms with Crippen molar-refractivity contribution < 1.29 is 18.7 Å². The zero-order valence-corrected chi connectivity index (χ0v) is 18.6. The number of nitrogens with zero attached hydrogens (tertiary/aromatic N) is 2. The van der Waals surface area contributed by atoms with E-state index >= 15 is 0 Å². The first kappa shape index (κ1) is 22.4. The number of nitrogens with one attached hydrogen (secondary N) is 1. The molecule has 0 fully saturated rings. The lowest BCUT2D eigenvalue weighted by atomic mass is 10.0. The minimum atomic E-state index is -0.445.